The Morgan fingerprint density at radius 2 is 1.69 bits per heavy atom. The van der Waals surface area contributed by atoms with E-state index in [4.69, 9.17) is 16.3 Å². The number of aromatic amines is 1. The first-order valence-electron chi connectivity index (χ1n) is 14.2. The Bertz CT molecular complexity index is 1790. The second-order valence-corrected chi connectivity index (χ2v) is 14.4. The van der Waals surface area contributed by atoms with Crippen LogP contribution in [0.5, 0.6) is 5.75 Å². The smallest absolute Gasteiger partial charge is 0.305 e. The molecule has 2 bridgehead atoms. The number of aromatic nitrogens is 1. The first-order valence-corrected chi connectivity index (χ1v) is 16.3. The summed E-state index contributed by atoms with van der Waals surface area (Å²) in [7, 11) is 0. The third kappa shape index (κ3) is 3.95. The molecule has 3 aromatic carbocycles. The van der Waals surface area contributed by atoms with Crippen LogP contribution in [0.1, 0.15) is 33.9 Å². The molecule has 1 aromatic heterocycles. The number of nitrogens with zero attached hydrogens (tertiary/aromatic N) is 1. The van der Waals surface area contributed by atoms with Crippen molar-refractivity contribution in [2.24, 2.45) is 29.6 Å². The molecule has 9 heteroatoms. The van der Waals surface area contributed by atoms with Gasteiger partial charge in [-0.05, 0) is 67.0 Å². The number of hydrogen-bond acceptors (Lipinski definition) is 6. The van der Waals surface area contributed by atoms with Crippen LogP contribution in [-0.2, 0) is 16.2 Å². The van der Waals surface area contributed by atoms with Crippen molar-refractivity contribution in [3.05, 3.63) is 109 Å². The zero-order valence-corrected chi connectivity index (χ0v) is 25.0. The van der Waals surface area contributed by atoms with Crippen LogP contribution in [0.2, 0.25) is 5.02 Å². The number of carbonyl (C=O) groups is 2. The van der Waals surface area contributed by atoms with Gasteiger partial charge >= 0.3 is 4.87 Å². The molecule has 2 aliphatic carbocycles. The quantitative estimate of drug-likeness (QED) is 0.255. The monoisotopic (exact) mass is 614 g/mol. The molecule has 0 radical (unpaired) electrons. The molecule has 212 valence electrons. The first-order chi connectivity index (χ1) is 20.4. The van der Waals surface area contributed by atoms with Crippen LogP contribution < -0.4 is 14.5 Å². The highest BCUT2D eigenvalue weighted by atomic mass is 35.5. The number of fused-ring (bicyclic) bond motifs is 9. The van der Waals surface area contributed by atoms with Gasteiger partial charge in [0.05, 0.1) is 22.5 Å². The third-order valence-corrected chi connectivity index (χ3v) is 12.4. The number of aryl methyl sites for hydroxylation is 1. The van der Waals surface area contributed by atoms with E-state index in [1.165, 1.54) is 16.2 Å². The van der Waals surface area contributed by atoms with Crippen molar-refractivity contribution < 1.29 is 14.3 Å². The Balaban J connectivity index is 1.21. The number of amides is 2. The molecule has 42 heavy (non-hydrogen) atoms. The molecular formula is C33H27ClN2O4S2. The predicted octanol–water partition coefficient (Wildman–Crippen LogP) is 6.66. The largest absolute Gasteiger partial charge is 0.489 e. The second kappa shape index (κ2) is 9.86. The maximum absolute atomic E-state index is 14.0. The highest BCUT2D eigenvalue weighted by Gasteiger charge is 2.69. The molecule has 2 saturated carbocycles. The normalized spacial score (nSPS) is 29.0. The molecule has 5 unspecified atom stereocenters. The van der Waals surface area contributed by atoms with Gasteiger partial charge in [-0.15, -0.1) is 11.8 Å². The highest BCUT2D eigenvalue weighted by Crippen LogP contribution is 2.69. The van der Waals surface area contributed by atoms with Crippen LogP contribution in [-0.4, -0.2) is 22.0 Å². The minimum Gasteiger partial charge on any atom is -0.489 e. The lowest BCUT2D eigenvalue weighted by Crippen LogP contribution is -2.42. The van der Waals surface area contributed by atoms with Gasteiger partial charge in [-0.1, -0.05) is 71.0 Å². The highest BCUT2D eigenvalue weighted by molar-refractivity contribution is 8.00. The van der Waals surface area contributed by atoms with Gasteiger partial charge in [0.1, 0.15) is 12.4 Å². The lowest BCUT2D eigenvalue weighted by atomic mass is 9.68. The Morgan fingerprint density at radius 1 is 0.952 bits per heavy atom. The Labute approximate surface area is 256 Å². The number of nitrogens with one attached hydrogen (secondary N) is 1. The molecule has 3 fully saturated rings. The topological polar surface area (TPSA) is 79.5 Å². The summed E-state index contributed by atoms with van der Waals surface area (Å²) < 4.78 is 6.41. The van der Waals surface area contributed by atoms with Gasteiger partial charge in [0, 0.05) is 26.6 Å². The number of thiazole rings is 1. The number of imide groups is 1. The fraction of sp³-hybridized carbons (Fsp3) is 0.303. The van der Waals surface area contributed by atoms with E-state index in [9.17, 15) is 14.4 Å². The number of halogens is 1. The zero-order chi connectivity index (χ0) is 28.7. The molecule has 2 aliphatic heterocycles. The standard InChI is InChI=1S/C33H27ClN2O4S2/c1-16-7-10-19(11-8-16)36-31(37)26-21-14-22(27(26)32(36)38)28-25(21)24(29-30(41-28)35-33(39)42-29)20-13-18(34)9-12-23(20)40-15-17-5-3-2-4-6-17/h2-13,21-22,24-28H,14-15H2,1H3,(H,35,39)/t21-,22-,24?,25?,26?,27?,28?/m1/s1. The minimum absolute atomic E-state index is 0.0145. The SMILES string of the molecule is Cc1ccc(N2C(=O)C3C(C2=O)[C@@H]2C[C@H]3C3Sc4[nH]c(=O)sc4C(c4cc(Cl)ccc4OCc4ccccc4)C32)cc1. The van der Waals surface area contributed by atoms with E-state index >= 15 is 0 Å². The predicted molar refractivity (Wildman–Crippen MR) is 164 cm³/mol. The number of hydrogen-bond donors (Lipinski definition) is 1. The molecule has 1 saturated heterocycles. The van der Waals surface area contributed by atoms with Gasteiger partial charge in [0.25, 0.3) is 0 Å². The van der Waals surface area contributed by atoms with E-state index in [1.807, 2.05) is 79.7 Å². The Kier molecular flexibility index (Phi) is 6.18. The molecule has 7 atom stereocenters. The lowest BCUT2D eigenvalue weighted by molar-refractivity contribution is -0.123. The number of rotatable bonds is 5. The number of H-pyrrole nitrogens is 1. The molecule has 0 spiro atoms. The molecule has 6 nitrogen and oxygen atoms in total. The molecule has 3 heterocycles. The fourth-order valence-corrected chi connectivity index (χ4v) is 11.0. The van der Waals surface area contributed by atoms with Crippen LogP contribution in [0.25, 0.3) is 0 Å². The van der Waals surface area contributed by atoms with Crippen molar-refractivity contribution in [1.29, 1.82) is 0 Å². The average molecular weight is 615 g/mol. The summed E-state index contributed by atoms with van der Waals surface area (Å²) in [6, 6.07) is 23.3. The van der Waals surface area contributed by atoms with E-state index in [2.05, 4.69) is 4.98 Å². The van der Waals surface area contributed by atoms with Crippen LogP contribution in [0.15, 0.2) is 82.6 Å². The number of benzene rings is 3. The van der Waals surface area contributed by atoms with Gasteiger partial charge in [-0.3, -0.25) is 19.3 Å². The van der Waals surface area contributed by atoms with Crippen molar-refractivity contribution in [3.8, 4) is 5.75 Å². The summed E-state index contributed by atoms with van der Waals surface area (Å²) in [4.78, 5) is 45.9. The van der Waals surface area contributed by atoms with Gasteiger partial charge < -0.3 is 9.72 Å². The van der Waals surface area contributed by atoms with Gasteiger partial charge in [0.15, 0.2) is 0 Å². The molecular weight excluding hydrogens is 588 g/mol. The van der Waals surface area contributed by atoms with Crippen LogP contribution in [0, 0.1) is 36.5 Å². The summed E-state index contributed by atoms with van der Waals surface area (Å²) in [5.41, 5.74) is 3.71. The maximum atomic E-state index is 14.0. The fourth-order valence-electron chi connectivity index (χ4n) is 7.94. The minimum atomic E-state index is -0.363. The van der Waals surface area contributed by atoms with Gasteiger partial charge in [-0.25, -0.2) is 0 Å². The van der Waals surface area contributed by atoms with Gasteiger partial charge in [0.2, 0.25) is 11.8 Å². The van der Waals surface area contributed by atoms with E-state index < -0.39 is 0 Å². The summed E-state index contributed by atoms with van der Waals surface area (Å²) in [5.74, 6) is -0.204. The van der Waals surface area contributed by atoms with E-state index in [-0.39, 0.29) is 57.4 Å². The number of carbonyl (C=O) groups excluding carboxylic acids is 2. The molecule has 1 N–H and O–H groups in total. The lowest BCUT2D eigenvalue weighted by Gasteiger charge is -2.43. The summed E-state index contributed by atoms with van der Waals surface area (Å²) >= 11 is 9.52. The Morgan fingerprint density at radius 3 is 2.45 bits per heavy atom. The van der Waals surface area contributed by atoms with Crippen molar-refractivity contribution in [2.75, 3.05) is 4.90 Å². The molecule has 4 aliphatic rings. The van der Waals surface area contributed by atoms with Crippen molar-refractivity contribution in [2.45, 2.75) is 36.1 Å². The third-order valence-electron chi connectivity index (χ3n) is 9.56. The molecule has 4 aromatic rings. The number of thioether (sulfide) groups is 1. The van der Waals surface area contributed by atoms with E-state index in [1.54, 1.807) is 11.8 Å². The Hall–Kier alpha value is -3.33. The van der Waals surface area contributed by atoms with Crippen molar-refractivity contribution in [1.82, 2.24) is 4.98 Å². The van der Waals surface area contributed by atoms with Gasteiger partial charge in [-0.2, -0.15) is 0 Å². The van der Waals surface area contributed by atoms with E-state index in [0.717, 1.165) is 38.8 Å². The average Bonchev–Trinajstić information content (AvgIpc) is 3.72. The van der Waals surface area contributed by atoms with Crippen LogP contribution in [0.3, 0.4) is 0 Å². The van der Waals surface area contributed by atoms with Crippen LogP contribution in [0.4, 0.5) is 5.69 Å². The number of ether oxygens (including phenoxy) is 1. The zero-order valence-electron chi connectivity index (χ0n) is 22.7. The van der Waals surface area contributed by atoms with Crippen molar-refractivity contribution in [3.63, 3.8) is 0 Å². The maximum Gasteiger partial charge on any atom is 0.305 e. The number of anilines is 1. The second-order valence-electron chi connectivity index (χ2n) is 11.8. The van der Waals surface area contributed by atoms with Crippen molar-refractivity contribution >= 4 is 52.2 Å². The first kappa shape index (κ1) is 26.3. The molecule has 2 amide bonds. The summed E-state index contributed by atoms with van der Waals surface area (Å²) in [6.45, 7) is 2.39. The summed E-state index contributed by atoms with van der Waals surface area (Å²) in [5, 5.41) is 1.55. The molecule has 8 rings (SSSR count). The summed E-state index contributed by atoms with van der Waals surface area (Å²) in [6.07, 6.45) is 0.827. The van der Waals surface area contributed by atoms with E-state index in [0.29, 0.717) is 17.3 Å². The van der Waals surface area contributed by atoms with Crippen LogP contribution >= 0.6 is 34.7 Å².